The zero-order valence-corrected chi connectivity index (χ0v) is 11.5. The maximum atomic E-state index is 6.17. The Labute approximate surface area is 109 Å². The summed E-state index contributed by atoms with van der Waals surface area (Å²) in [6.45, 7) is 2.06. The molecule has 1 unspecified atom stereocenters. The van der Waals surface area contributed by atoms with Gasteiger partial charge in [-0.1, -0.05) is 28.1 Å². The molecule has 0 bridgehead atoms. The minimum absolute atomic E-state index is 0.0604. The first-order chi connectivity index (χ1) is 8.08. The van der Waals surface area contributed by atoms with Gasteiger partial charge in [-0.15, -0.1) is 0 Å². The van der Waals surface area contributed by atoms with Crippen LogP contribution in [0.1, 0.15) is 23.0 Å². The fraction of sp³-hybridized carbons (Fsp3) is 0.333. The van der Waals surface area contributed by atoms with Crippen molar-refractivity contribution in [2.24, 2.45) is 12.8 Å². The molecule has 0 saturated heterocycles. The van der Waals surface area contributed by atoms with Gasteiger partial charge in [0.1, 0.15) is 12.2 Å². The Kier molecular flexibility index (Phi) is 3.59. The van der Waals surface area contributed by atoms with E-state index in [0.29, 0.717) is 6.42 Å². The summed E-state index contributed by atoms with van der Waals surface area (Å²) < 4.78 is 2.84. The van der Waals surface area contributed by atoms with Gasteiger partial charge in [0.05, 0.1) is 0 Å². The minimum Gasteiger partial charge on any atom is -0.324 e. The van der Waals surface area contributed by atoms with Crippen LogP contribution in [0.5, 0.6) is 0 Å². The monoisotopic (exact) mass is 294 g/mol. The fourth-order valence-corrected chi connectivity index (χ4v) is 2.06. The molecule has 0 saturated carbocycles. The molecule has 5 heteroatoms. The fourth-order valence-electron chi connectivity index (χ4n) is 1.66. The van der Waals surface area contributed by atoms with Crippen molar-refractivity contribution in [2.45, 2.75) is 19.4 Å². The summed E-state index contributed by atoms with van der Waals surface area (Å²) in [6, 6.07) is 6.13. The summed E-state index contributed by atoms with van der Waals surface area (Å²) >= 11 is 3.52. The average Bonchev–Trinajstić information content (AvgIpc) is 2.68. The molecule has 2 rings (SSSR count). The number of rotatable bonds is 3. The molecule has 1 atom stereocenters. The van der Waals surface area contributed by atoms with Crippen LogP contribution in [0, 0.1) is 6.92 Å². The highest BCUT2D eigenvalue weighted by atomic mass is 79.9. The van der Waals surface area contributed by atoms with Crippen LogP contribution >= 0.6 is 15.9 Å². The van der Waals surface area contributed by atoms with E-state index in [4.69, 9.17) is 5.73 Å². The van der Waals surface area contributed by atoms with E-state index in [9.17, 15) is 0 Å². The van der Waals surface area contributed by atoms with Crippen LogP contribution in [0.4, 0.5) is 0 Å². The average molecular weight is 295 g/mol. The van der Waals surface area contributed by atoms with Crippen LogP contribution in [0.25, 0.3) is 0 Å². The summed E-state index contributed by atoms with van der Waals surface area (Å²) in [5.74, 6) is 0.897. The van der Waals surface area contributed by atoms with Crippen molar-refractivity contribution >= 4 is 15.9 Å². The second-order valence-corrected chi connectivity index (χ2v) is 4.97. The van der Waals surface area contributed by atoms with Crippen LogP contribution < -0.4 is 5.73 Å². The molecule has 1 aromatic carbocycles. The first-order valence-electron chi connectivity index (χ1n) is 5.42. The number of hydrogen-bond acceptors (Lipinski definition) is 3. The van der Waals surface area contributed by atoms with Crippen LogP contribution in [0.3, 0.4) is 0 Å². The van der Waals surface area contributed by atoms with Crippen LogP contribution in [-0.2, 0) is 13.5 Å². The first kappa shape index (κ1) is 12.3. The zero-order chi connectivity index (χ0) is 12.4. The van der Waals surface area contributed by atoms with E-state index in [1.807, 2.05) is 7.05 Å². The molecular weight excluding hydrogens is 280 g/mol. The largest absolute Gasteiger partial charge is 0.324 e. The molecule has 0 radical (unpaired) electrons. The first-order valence-corrected chi connectivity index (χ1v) is 6.21. The van der Waals surface area contributed by atoms with Gasteiger partial charge in [-0.2, -0.15) is 5.10 Å². The summed E-state index contributed by atoms with van der Waals surface area (Å²) in [6.07, 6.45) is 2.24. The molecule has 1 heterocycles. The standard InChI is InChI=1S/C12H15BrN4/c1-8-3-4-9(5-10(8)13)11(14)6-12-15-7-16-17(12)2/h3-5,7,11H,6,14H2,1-2H3. The Hall–Kier alpha value is -1.20. The third-order valence-electron chi connectivity index (χ3n) is 2.83. The second kappa shape index (κ2) is 4.98. The number of aromatic nitrogens is 3. The highest BCUT2D eigenvalue weighted by Gasteiger charge is 2.11. The van der Waals surface area contributed by atoms with E-state index < -0.39 is 0 Å². The molecule has 17 heavy (non-hydrogen) atoms. The van der Waals surface area contributed by atoms with E-state index >= 15 is 0 Å². The molecule has 4 nitrogen and oxygen atoms in total. The predicted octanol–water partition coefficient (Wildman–Crippen LogP) is 2.13. The number of benzene rings is 1. The Morgan fingerprint density at radius 1 is 1.47 bits per heavy atom. The van der Waals surface area contributed by atoms with Crippen LogP contribution in [0.15, 0.2) is 29.0 Å². The van der Waals surface area contributed by atoms with Gasteiger partial charge in [0.25, 0.3) is 0 Å². The van der Waals surface area contributed by atoms with E-state index in [2.05, 4.69) is 51.1 Å². The Bertz CT molecular complexity index is 521. The quantitative estimate of drug-likeness (QED) is 0.943. The molecule has 0 aliphatic rings. The lowest BCUT2D eigenvalue weighted by atomic mass is 10.0. The lowest BCUT2D eigenvalue weighted by Gasteiger charge is -2.12. The molecular formula is C12H15BrN4. The van der Waals surface area contributed by atoms with Crippen molar-refractivity contribution in [2.75, 3.05) is 0 Å². The normalized spacial score (nSPS) is 12.7. The van der Waals surface area contributed by atoms with Gasteiger partial charge in [-0.25, -0.2) is 4.98 Å². The van der Waals surface area contributed by atoms with Crippen molar-refractivity contribution in [1.82, 2.24) is 14.8 Å². The van der Waals surface area contributed by atoms with Gasteiger partial charge in [0.2, 0.25) is 0 Å². The molecule has 90 valence electrons. The van der Waals surface area contributed by atoms with Gasteiger partial charge in [-0.05, 0) is 24.1 Å². The van der Waals surface area contributed by atoms with Crippen molar-refractivity contribution in [3.05, 3.63) is 46.0 Å². The molecule has 0 spiro atoms. The number of nitrogens with two attached hydrogens (primary N) is 1. The Morgan fingerprint density at radius 3 is 2.82 bits per heavy atom. The maximum Gasteiger partial charge on any atom is 0.138 e. The highest BCUT2D eigenvalue weighted by molar-refractivity contribution is 9.10. The Balaban J connectivity index is 2.17. The number of aryl methyl sites for hydroxylation is 2. The summed E-state index contributed by atoms with van der Waals surface area (Å²) in [5, 5.41) is 4.04. The van der Waals surface area contributed by atoms with Gasteiger partial charge in [0.15, 0.2) is 0 Å². The van der Waals surface area contributed by atoms with Crippen molar-refractivity contribution < 1.29 is 0 Å². The second-order valence-electron chi connectivity index (χ2n) is 4.12. The van der Waals surface area contributed by atoms with E-state index in [0.717, 1.165) is 15.9 Å². The summed E-state index contributed by atoms with van der Waals surface area (Å²) in [7, 11) is 1.88. The third kappa shape index (κ3) is 2.73. The SMILES string of the molecule is Cc1ccc(C(N)Cc2ncnn2C)cc1Br. The number of halogens is 1. The van der Waals surface area contributed by atoms with Gasteiger partial charge in [-0.3, -0.25) is 4.68 Å². The smallest absolute Gasteiger partial charge is 0.138 e. The molecule has 1 aromatic heterocycles. The number of nitrogens with zero attached hydrogens (tertiary/aromatic N) is 3. The summed E-state index contributed by atoms with van der Waals surface area (Å²) in [5.41, 5.74) is 8.48. The van der Waals surface area contributed by atoms with E-state index in [1.165, 1.54) is 5.56 Å². The van der Waals surface area contributed by atoms with Gasteiger partial charge >= 0.3 is 0 Å². The van der Waals surface area contributed by atoms with Crippen LogP contribution in [0.2, 0.25) is 0 Å². The third-order valence-corrected chi connectivity index (χ3v) is 3.69. The molecule has 2 aromatic rings. The number of hydrogen-bond donors (Lipinski definition) is 1. The molecule has 0 aliphatic carbocycles. The molecule has 0 amide bonds. The topological polar surface area (TPSA) is 56.7 Å². The predicted molar refractivity (Wildman–Crippen MR) is 70.5 cm³/mol. The lowest BCUT2D eigenvalue weighted by Crippen LogP contribution is -2.16. The summed E-state index contributed by atoms with van der Waals surface area (Å²) in [4.78, 5) is 4.18. The molecule has 0 fully saturated rings. The van der Waals surface area contributed by atoms with Crippen LogP contribution in [-0.4, -0.2) is 14.8 Å². The lowest BCUT2D eigenvalue weighted by molar-refractivity contribution is 0.629. The van der Waals surface area contributed by atoms with Gasteiger partial charge < -0.3 is 5.73 Å². The van der Waals surface area contributed by atoms with Gasteiger partial charge in [0, 0.05) is 24.0 Å². The molecule has 0 aliphatic heterocycles. The van der Waals surface area contributed by atoms with E-state index in [1.54, 1.807) is 11.0 Å². The Morgan fingerprint density at radius 2 is 2.24 bits per heavy atom. The van der Waals surface area contributed by atoms with Crippen molar-refractivity contribution in [3.63, 3.8) is 0 Å². The molecule has 2 N–H and O–H groups in total. The van der Waals surface area contributed by atoms with E-state index in [-0.39, 0.29) is 6.04 Å². The minimum atomic E-state index is -0.0604. The van der Waals surface area contributed by atoms with Crippen molar-refractivity contribution in [1.29, 1.82) is 0 Å². The maximum absolute atomic E-state index is 6.17. The van der Waals surface area contributed by atoms with Crippen molar-refractivity contribution in [3.8, 4) is 0 Å². The zero-order valence-electron chi connectivity index (χ0n) is 9.89. The highest BCUT2D eigenvalue weighted by Crippen LogP contribution is 2.22.